The van der Waals surface area contributed by atoms with Crippen LogP contribution < -0.4 is 0 Å². The Balaban J connectivity index is 2.05. The fourth-order valence-corrected chi connectivity index (χ4v) is 2.36. The lowest BCUT2D eigenvalue weighted by Gasteiger charge is -2.06. The molecule has 0 N–H and O–H groups in total. The lowest BCUT2D eigenvalue weighted by molar-refractivity contribution is 0.538. The Labute approximate surface area is 119 Å². The molecule has 0 saturated heterocycles. The predicted octanol–water partition coefficient (Wildman–Crippen LogP) is 6.48. The topological polar surface area (TPSA) is 0 Å². The van der Waals surface area contributed by atoms with E-state index in [1.807, 2.05) is 0 Å². The quantitative estimate of drug-likeness (QED) is 0.421. The van der Waals surface area contributed by atoms with E-state index in [4.69, 9.17) is 0 Å². The monoisotopic (exact) mass is 258 g/mol. The van der Waals surface area contributed by atoms with Gasteiger partial charge in [-0.2, -0.15) is 0 Å². The first-order valence-corrected chi connectivity index (χ1v) is 8.06. The van der Waals surface area contributed by atoms with E-state index in [1.54, 1.807) is 0 Å². The average molecular weight is 258 g/mol. The van der Waals surface area contributed by atoms with Crippen LogP contribution in [-0.4, -0.2) is 0 Å². The Morgan fingerprint density at radius 3 is 2.21 bits per heavy atom. The van der Waals surface area contributed by atoms with Gasteiger partial charge in [-0.1, -0.05) is 101 Å². The molecule has 19 heavy (non-hydrogen) atoms. The number of allylic oxidation sites excluding steroid dienone is 1. The fraction of sp³-hybridized carbons (Fsp3) is 0.579. The maximum absolute atomic E-state index is 2.35. The summed E-state index contributed by atoms with van der Waals surface area (Å²) in [5, 5.41) is 0. The van der Waals surface area contributed by atoms with E-state index in [-0.39, 0.29) is 0 Å². The van der Waals surface area contributed by atoms with Crippen LogP contribution in [0.5, 0.6) is 0 Å². The van der Waals surface area contributed by atoms with E-state index >= 15 is 0 Å². The van der Waals surface area contributed by atoms with Crippen LogP contribution in [0.15, 0.2) is 36.4 Å². The molecule has 0 aliphatic rings. The zero-order valence-electron chi connectivity index (χ0n) is 12.8. The molecule has 0 bridgehead atoms. The Kier molecular flexibility index (Phi) is 9.14. The van der Waals surface area contributed by atoms with Crippen LogP contribution in [0.4, 0.5) is 0 Å². The molecule has 0 heteroatoms. The Morgan fingerprint density at radius 1 is 0.895 bits per heavy atom. The minimum absolute atomic E-state index is 0.704. The van der Waals surface area contributed by atoms with Crippen molar-refractivity contribution in [3.05, 3.63) is 42.0 Å². The van der Waals surface area contributed by atoms with E-state index in [9.17, 15) is 0 Å². The van der Waals surface area contributed by atoms with Gasteiger partial charge in [0.1, 0.15) is 0 Å². The van der Waals surface area contributed by atoms with Crippen molar-refractivity contribution in [2.24, 2.45) is 5.92 Å². The van der Waals surface area contributed by atoms with Crippen LogP contribution in [0.25, 0.3) is 6.08 Å². The SMILES string of the molecule is CCCCCCCCCC(C)C=Cc1ccccc1. The van der Waals surface area contributed by atoms with Gasteiger partial charge in [-0.05, 0) is 17.9 Å². The van der Waals surface area contributed by atoms with Crippen molar-refractivity contribution in [2.75, 3.05) is 0 Å². The highest BCUT2D eigenvalue weighted by atomic mass is 14.0. The van der Waals surface area contributed by atoms with Gasteiger partial charge in [0.25, 0.3) is 0 Å². The van der Waals surface area contributed by atoms with Gasteiger partial charge in [0, 0.05) is 0 Å². The molecule has 1 aromatic carbocycles. The molecular formula is C19H30. The third-order valence-corrected chi connectivity index (χ3v) is 3.68. The van der Waals surface area contributed by atoms with E-state index in [0.29, 0.717) is 5.92 Å². The minimum Gasteiger partial charge on any atom is -0.0811 e. The van der Waals surface area contributed by atoms with Crippen LogP contribution in [0.3, 0.4) is 0 Å². The summed E-state index contributed by atoms with van der Waals surface area (Å²) >= 11 is 0. The summed E-state index contributed by atoms with van der Waals surface area (Å²) in [4.78, 5) is 0. The first kappa shape index (κ1) is 16.0. The third kappa shape index (κ3) is 8.64. The summed E-state index contributed by atoms with van der Waals surface area (Å²) in [5.41, 5.74) is 1.31. The molecule has 1 atom stereocenters. The summed E-state index contributed by atoms with van der Waals surface area (Å²) in [6.07, 6.45) is 15.8. The van der Waals surface area contributed by atoms with Crippen LogP contribution in [0.1, 0.15) is 70.8 Å². The molecule has 0 amide bonds. The standard InChI is InChI=1S/C19H30/c1-3-4-5-6-7-8-10-13-18(2)16-17-19-14-11-9-12-15-19/h9,11-12,14-18H,3-8,10,13H2,1-2H3. The second kappa shape index (κ2) is 10.8. The molecule has 0 heterocycles. The highest BCUT2D eigenvalue weighted by Crippen LogP contribution is 2.14. The summed E-state index contributed by atoms with van der Waals surface area (Å²) in [6, 6.07) is 10.6. The van der Waals surface area contributed by atoms with E-state index in [1.165, 1.54) is 56.9 Å². The zero-order valence-corrected chi connectivity index (χ0v) is 12.8. The van der Waals surface area contributed by atoms with Crippen LogP contribution in [0, 0.1) is 5.92 Å². The van der Waals surface area contributed by atoms with Crippen LogP contribution in [0.2, 0.25) is 0 Å². The van der Waals surface area contributed by atoms with E-state index in [2.05, 4.69) is 56.3 Å². The second-order valence-corrected chi connectivity index (χ2v) is 5.66. The molecule has 1 unspecified atom stereocenters. The van der Waals surface area contributed by atoms with Crippen molar-refractivity contribution in [1.29, 1.82) is 0 Å². The molecule has 0 aliphatic heterocycles. The Hall–Kier alpha value is -1.04. The van der Waals surface area contributed by atoms with Crippen molar-refractivity contribution < 1.29 is 0 Å². The molecular weight excluding hydrogens is 228 g/mol. The lowest BCUT2D eigenvalue weighted by atomic mass is 10.0. The number of hydrogen-bond donors (Lipinski definition) is 0. The molecule has 0 nitrogen and oxygen atoms in total. The molecule has 0 aliphatic carbocycles. The van der Waals surface area contributed by atoms with Gasteiger partial charge in [0.15, 0.2) is 0 Å². The van der Waals surface area contributed by atoms with Crippen molar-refractivity contribution in [2.45, 2.75) is 65.2 Å². The van der Waals surface area contributed by atoms with Crippen molar-refractivity contribution in [1.82, 2.24) is 0 Å². The Bertz CT molecular complexity index is 323. The first-order chi connectivity index (χ1) is 9.33. The van der Waals surface area contributed by atoms with E-state index < -0.39 is 0 Å². The maximum atomic E-state index is 2.35. The number of benzene rings is 1. The minimum atomic E-state index is 0.704. The summed E-state index contributed by atoms with van der Waals surface area (Å²) in [7, 11) is 0. The molecule has 1 rings (SSSR count). The van der Waals surface area contributed by atoms with Gasteiger partial charge in [0.05, 0.1) is 0 Å². The first-order valence-electron chi connectivity index (χ1n) is 8.06. The summed E-state index contributed by atoms with van der Waals surface area (Å²) in [6.45, 7) is 4.61. The summed E-state index contributed by atoms with van der Waals surface area (Å²) < 4.78 is 0. The molecule has 106 valence electrons. The third-order valence-electron chi connectivity index (χ3n) is 3.68. The largest absolute Gasteiger partial charge is 0.0811 e. The second-order valence-electron chi connectivity index (χ2n) is 5.66. The van der Waals surface area contributed by atoms with Crippen LogP contribution in [-0.2, 0) is 0 Å². The average Bonchev–Trinajstić information content (AvgIpc) is 2.45. The number of hydrogen-bond acceptors (Lipinski definition) is 0. The molecule has 0 radical (unpaired) electrons. The molecule has 1 aromatic rings. The molecule has 0 fully saturated rings. The fourth-order valence-electron chi connectivity index (χ4n) is 2.36. The van der Waals surface area contributed by atoms with Crippen molar-refractivity contribution in [3.8, 4) is 0 Å². The Morgan fingerprint density at radius 2 is 1.53 bits per heavy atom. The van der Waals surface area contributed by atoms with Gasteiger partial charge in [-0.15, -0.1) is 0 Å². The molecule has 0 spiro atoms. The highest BCUT2D eigenvalue weighted by Gasteiger charge is 1.97. The molecule has 0 aromatic heterocycles. The van der Waals surface area contributed by atoms with Gasteiger partial charge < -0.3 is 0 Å². The van der Waals surface area contributed by atoms with E-state index in [0.717, 1.165) is 0 Å². The number of unbranched alkanes of at least 4 members (excludes halogenated alkanes) is 6. The lowest BCUT2D eigenvalue weighted by Crippen LogP contribution is -1.90. The van der Waals surface area contributed by atoms with Gasteiger partial charge in [-0.25, -0.2) is 0 Å². The smallest absolute Gasteiger partial charge is 0.0259 e. The highest BCUT2D eigenvalue weighted by molar-refractivity contribution is 5.48. The number of rotatable bonds is 10. The summed E-state index contributed by atoms with van der Waals surface area (Å²) in [5.74, 6) is 0.704. The molecule has 0 saturated carbocycles. The van der Waals surface area contributed by atoms with Crippen molar-refractivity contribution in [3.63, 3.8) is 0 Å². The maximum Gasteiger partial charge on any atom is -0.0259 e. The normalized spacial score (nSPS) is 12.9. The van der Waals surface area contributed by atoms with Crippen molar-refractivity contribution >= 4 is 6.08 Å². The van der Waals surface area contributed by atoms with Gasteiger partial charge in [-0.3, -0.25) is 0 Å². The zero-order chi connectivity index (χ0) is 13.8. The predicted molar refractivity (Wildman–Crippen MR) is 87.3 cm³/mol. The van der Waals surface area contributed by atoms with Crippen LogP contribution >= 0.6 is 0 Å². The van der Waals surface area contributed by atoms with Gasteiger partial charge >= 0.3 is 0 Å². The van der Waals surface area contributed by atoms with Gasteiger partial charge in [0.2, 0.25) is 0 Å².